The van der Waals surface area contributed by atoms with Gasteiger partial charge in [0.1, 0.15) is 11.5 Å². The molecule has 0 radical (unpaired) electrons. The van der Waals surface area contributed by atoms with Crippen LogP contribution in [0.5, 0.6) is 11.5 Å². The number of hydrogen-bond donors (Lipinski definition) is 0. The van der Waals surface area contributed by atoms with Crippen LogP contribution >= 0.6 is 0 Å². The molecule has 0 amide bonds. The smallest absolute Gasteiger partial charge is 0.191 e. The van der Waals surface area contributed by atoms with Gasteiger partial charge in [0.2, 0.25) is 0 Å². The Morgan fingerprint density at radius 3 is 2.41 bits per heavy atom. The van der Waals surface area contributed by atoms with Crippen molar-refractivity contribution in [2.75, 3.05) is 20.3 Å². The topological polar surface area (TPSA) is 44.8 Å². The maximum Gasteiger partial charge on any atom is 0.191 e. The molecule has 0 bridgehead atoms. The van der Waals surface area contributed by atoms with Crippen LogP contribution in [0.3, 0.4) is 0 Å². The summed E-state index contributed by atoms with van der Waals surface area (Å²) in [6.45, 7) is 12.5. The summed E-state index contributed by atoms with van der Waals surface area (Å²) >= 11 is 0. The largest absolute Gasteiger partial charge is 0.496 e. The summed E-state index contributed by atoms with van der Waals surface area (Å²) in [6, 6.07) is 5.21. The highest BCUT2D eigenvalue weighted by Gasteiger charge is 2.36. The number of rotatable bonds is 8. The molecule has 0 saturated heterocycles. The summed E-state index contributed by atoms with van der Waals surface area (Å²) in [6.07, 6.45) is 1.61. The molecule has 0 aliphatic carbocycles. The van der Waals surface area contributed by atoms with Crippen LogP contribution in [0.2, 0.25) is 18.1 Å². The zero-order chi connectivity index (χ0) is 16.8. The maximum atomic E-state index is 10.8. The molecule has 0 fully saturated rings. The van der Waals surface area contributed by atoms with Crippen molar-refractivity contribution < 1.29 is 18.7 Å². The van der Waals surface area contributed by atoms with E-state index in [9.17, 15) is 4.79 Å². The van der Waals surface area contributed by atoms with Gasteiger partial charge in [-0.2, -0.15) is 0 Å². The summed E-state index contributed by atoms with van der Waals surface area (Å²) in [5.41, 5.74) is 0.524. The Hall–Kier alpha value is -1.33. The minimum absolute atomic E-state index is 0.228. The van der Waals surface area contributed by atoms with E-state index in [0.29, 0.717) is 30.3 Å². The molecular formula is C17H28O4Si. The van der Waals surface area contributed by atoms with Crippen molar-refractivity contribution >= 4 is 14.6 Å². The first kappa shape index (κ1) is 18.7. The van der Waals surface area contributed by atoms with Crippen LogP contribution in [0.4, 0.5) is 0 Å². The maximum absolute atomic E-state index is 10.8. The monoisotopic (exact) mass is 324 g/mol. The zero-order valence-electron chi connectivity index (χ0n) is 14.6. The molecule has 0 spiro atoms. The lowest BCUT2D eigenvalue weighted by molar-refractivity contribution is 0.112. The molecule has 1 aromatic carbocycles. The van der Waals surface area contributed by atoms with E-state index in [4.69, 9.17) is 13.9 Å². The fourth-order valence-electron chi connectivity index (χ4n) is 1.67. The molecule has 5 heteroatoms. The summed E-state index contributed by atoms with van der Waals surface area (Å²) in [5.74, 6) is 1.24. The Labute approximate surface area is 134 Å². The number of carbonyl (C=O) groups excluding carboxylic acids is 1. The van der Waals surface area contributed by atoms with Crippen molar-refractivity contribution in [3.8, 4) is 11.5 Å². The van der Waals surface area contributed by atoms with Crippen LogP contribution in [0.25, 0.3) is 0 Å². The highest BCUT2D eigenvalue weighted by atomic mass is 28.4. The number of ether oxygens (including phenoxy) is 2. The van der Waals surface area contributed by atoms with Crippen molar-refractivity contribution in [3.05, 3.63) is 23.8 Å². The van der Waals surface area contributed by atoms with Crippen molar-refractivity contribution in [3.63, 3.8) is 0 Å². The third-order valence-corrected chi connectivity index (χ3v) is 8.70. The first-order valence-corrected chi connectivity index (χ1v) is 10.5. The van der Waals surface area contributed by atoms with Gasteiger partial charge in [-0.05, 0) is 30.3 Å². The number of aldehydes is 1. The first-order chi connectivity index (χ1) is 10.2. The Balaban J connectivity index is 2.41. The van der Waals surface area contributed by atoms with Crippen LogP contribution in [0.15, 0.2) is 18.2 Å². The van der Waals surface area contributed by atoms with E-state index in [1.807, 2.05) is 0 Å². The molecule has 0 unspecified atom stereocenters. The fourth-order valence-corrected chi connectivity index (χ4v) is 2.76. The van der Waals surface area contributed by atoms with Gasteiger partial charge >= 0.3 is 0 Å². The average molecular weight is 324 g/mol. The second kappa shape index (κ2) is 7.79. The third kappa shape index (κ3) is 5.14. The molecule has 0 N–H and O–H groups in total. The molecular weight excluding hydrogens is 296 g/mol. The van der Waals surface area contributed by atoms with Gasteiger partial charge in [-0.15, -0.1) is 0 Å². The molecule has 0 aliphatic heterocycles. The zero-order valence-corrected chi connectivity index (χ0v) is 15.6. The summed E-state index contributed by atoms with van der Waals surface area (Å²) in [7, 11) is -0.135. The number of benzene rings is 1. The molecule has 1 aromatic rings. The first-order valence-electron chi connectivity index (χ1n) is 7.61. The Bertz CT molecular complexity index is 492. The van der Waals surface area contributed by atoms with Gasteiger partial charge in [0.15, 0.2) is 14.6 Å². The van der Waals surface area contributed by atoms with Crippen LogP contribution in [0.1, 0.15) is 37.6 Å². The molecule has 124 valence electrons. The quantitative estimate of drug-likeness (QED) is 0.406. The Morgan fingerprint density at radius 2 is 1.86 bits per heavy atom. The molecule has 0 aromatic heterocycles. The van der Waals surface area contributed by atoms with Crippen molar-refractivity contribution in [2.45, 2.75) is 45.3 Å². The van der Waals surface area contributed by atoms with Gasteiger partial charge in [0.25, 0.3) is 0 Å². The van der Waals surface area contributed by atoms with E-state index in [2.05, 4.69) is 33.9 Å². The van der Waals surface area contributed by atoms with Gasteiger partial charge in [0.05, 0.1) is 19.3 Å². The van der Waals surface area contributed by atoms with Crippen molar-refractivity contribution in [1.82, 2.24) is 0 Å². The molecule has 0 aliphatic rings. The van der Waals surface area contributed by atoms with Gasteiger partial charge in [-0.25, -0.2) is 0 Å². The van der Waals surface area contributed by atoms with Gasteiger partial charge in [0, 0.05) is 19.1 Å². The van der Waals surface area contributed by atoms with E-state index in [1.165, 1.54) is 0 Å². The van der Waals surface area contributed by atoms with Gasteiger partial charge < -0.3 is 13.9 Å². The van der Waals surface area contributed by atoms with Gasteiger partial charge in [-0.1, -0.05) is 20.8 Å². The van der Waals surface area contributed by atoms with E-state index in [-0.39, 0.29) is 5.04 Å². The highest BCUT2D eigenvalue weighted by Crippen LogP contribution is 2.36. The molecule has 22 heavy (non-hydrogen) atoms. The van der Waals surface area contributed by atoms with Gasteiger partial charge in [-0.3, -0.25) is 4.79 Å². The second-order valence-corrected chi connectivity index (χ2v) is 11.6. The number of carbonyl (C=O) groups is 1. The van der Waals surface area contributed by atoms with E-state index in [1.54, 1.807) is 25.3 Å². The van der Waals surface area contributed by atoms with Crippen LogP contribution in [-0.2, 0) is 4.43 Å². The summed E-state index contributed by atoms with van der Waals surface area (Å²) in [4.78, 5) is 10.8. The minimum atomic E-state index is -1.68. The molecule has 0 saturated carbocycles. The molecule has 0 heterocycles. The predicted molar refractivity (Wildman–Crippen MR) is 91.6 cm³/mol. The lowest BCUT2D eigenvalue weighted by Crippen LogP contribution is -2.41. The van der Waals surface area contributed by atoms with E-state index < -0.39 is 8.32 Å². The molecule has 0 atom stereocenters. The average Bonchev–Trinajstić information content (AvgIpc) is 2.45. The number of methoxy groups -OCH3 is 1. The lowest BCUT2D eigenvalue weighted by Gasteiger charge is -2.36. The normalized spacial score (nSPS) is 12.1. The summed E-state index contributed by atoms with van der Waals surface area (Å²) in [5, 5.41) is 0.228. The standard InChI is InChI=1S/C17H28O4Si/c1-17(2,3)22(5,6)21-11-7-10-20-15-9-8-14(13-18)16(12-15)19-4/h8-9,12-13H,7,10-11H2,1-6H3. The van der Waals surface area contributed by atoms with Crippen molar-refractivity contribution in [1.29, 1.82) is 0 Å². The van der Waals surface area contributed by atoms with Crippen LogP contribution in [0, 0.1) is 0 Å². The summed E-state index contributed by atoms with van der Waals surface area (Å²) < 4.78 is 16.9. The highest BCUT2D eigenvalue weighted by molar-refractivity contribution is 6.74. The molecule has 1 rings (SSSR count). The predicted octanol–water partition coefficient (Wildman–Crippen LogP) is 4.30. The third-order valence-electron chi connectivity index (χ3n) is 4.16. The fraction of sp³-hybridized carbons (Fsp3) is 0.588. The van der Waals surface area contributed by atoms with E-state index >= 15 is 0 Å². The Morgan fingerprint density at radius 1 is 1.18 bits per heavy atom. The van der Waals surface area contributed by atoms with Crippen LogP contribution < -0.4 is 9.47 Å². The van der Waals surface area contributed by atoms with Crippen LogP contribution in [-0.4, -0.2) is 34.9 Å². The van der Waals surface area contributed by atoms with E-state index in [0.717, 1.165) is 12.7 Å². The molecule has 4 nitrogen and oxygen atoms in total. The van der Waals surface area contributed by atoms with Crippen molar-refractivity contribution in [2.24, 2.45) is 0 Å². The minimum Gasteiger partial charge on any atom is -0.496 e. The lowest BCUT2D eigenvalue weighted by atomic mass is 10.2. The Kier molecular flexibility index (Phi) is 6.62. The SMILES string of the molecule is COc1cc(OCCCO[Si](C)(C)C(C)(C)C)ccc1C=O. The number of hydrogen-bond acceptors (Lipinski definition) is 4. The second-order valence-electron chi connectivity index (χ2n) is 6.83.